The van der Waals surface area contributed by atoms with E-state index in [0.29, 0.717) is 63.7 Å². The summed E-state index contributed by atoms with van der Waals surface area (Å²) in [4.78, 5) is 22.1. The first-order chi connectivity index (χ1) is 20.9. The zero-order valence-electron chi connectivity index (χ0n) is 26.3. The summed E-state index contributed by atoms with van der Waals surface area (Å²) in [5, 5.41) is 12.4. The maximum atomic E-state index is 13.5. The maximum absolute atomic E-state index is 13.5. The molecule has 238 valence electrons. The van der Waals surface area contributed by atoms with Gasteiger partial charge < -0.3 is 18.6 Å². The average molecular weight is 660 g/mol. The van der Waals surface area contributed by atoms with Crippen LogP contribution in [0.1, 0.15) is 75.3 Å². The molecule has 2 aliphatic rings. The first-order valence-electron chi connectivity index (χ1n) is 15.2. The van der Waals surface area contributed by atoms with E-state index in [1.165, 1.54) is 23.7 Å². The number of nitrogens with zero attached hydrogens (tertiary/aromatic N) is 4. The molecule has 0 saturated heterocycles. The molecule has 10 nitrogen and oxygen atoms in total. The summed E-state index contributed by atoms with van der Waals surface area (Å²) in [7, 11) is -0.221. The molecule has 3 heterocycles. The molecule has 0 spiro atoms. The van der Waals surface area contributed by atoms with E-state index >= 15 is 0 Å². The minimum atomic E-state index is -1.77. The van der Waals surface area contributed by atoms with Gasteiger partial charge in [-0.1, -0.05) is 37.5 Å². The van der Waals surface area contributed by atoms with Crippen molar-refractivity contribution in [2.24, 2.45) is 5.92 Å². The molecular formula is C31H42ClN5O5SSi. The third-order valence-electron chi connectivity index (χ3n) is 8.67. The van der Waals surface area contributed by atoms with Crippen LogP contribution in [0.15, 0.2) is 24.5 Å². The van der Waals surface area contributed by atoms with E-state index in [9.17, 15) is 4.79 Å². The number of aromatic nitrogens is 4. The number of methoxy groups -OCH3 is 1. The van der Waals surface area contributed by atoms with Gasteiger partial charge in [0.15, 0.2) is 8.32 Å². The number of anilines is 1. The molecule has 1 N–H and O–H groups in total. The maximum Gasteiger partial charge on any atom is 0.295 e. The van der Waals surface area contributed by atoms with Crippen LogP contribution in [0.25, 0.3) is 11.1 Å². The lowest BCUT2D eigenvalue weighted by Gasteiger charge is -2.41. The molecular weight excluding hydrogens is 618 g/mol. The number of rotatable bonds is 12. The number of halogens is 1. The molecule has 0 aliphatic heterocycles. The van der Waals surface area contributed by atoms with Crippen molar-refractivity contribution >= 4 is 42.3 Å². The Labute approximate surface area is 269 Å². The van der Waals surface area contributed by atoms with E-state index < -0.39 is 8.32 Å². The van der Waals surface area contributed by atoms with Gasteiger partial charge in [-0.25, -0.2) is 4.98 Å². The number of carbonyl (C=O) groups excluding carboxylic acids is 1. The number of pyridine rings is 2. The Morgan fingerprint density at radius 1 is 1.02 bits per heavy atom. The third kappa shape index (κ3) is 8.33. The second-order valence-electron chi connectivity index (χ2n) is 13.1. The minimum Gasteiger partial charge on any atom is -0.494 e. The number of hydrogen-bond donors (Lipinski definition) is 1. The first-order valence-corrected chi connectivity index (χ1v) is 19.3. The quantitative estimate of drug-likeness (QED) is 0.155. The van der Waals surface area contributed by atoms with Crippen LogP contribution in [0.3, 0.4) is 0 Å². The van der Waals surface area contributed by atoms with Gasteiger partial charge in [-0.05, 0) is 86.0 Å². The summed E-state index contributed by atoms with van der Waals surface area (Å²) < 4.78 is 24.0. The summed E-state index contributed by atoms with van der Waals surface area (Å²) in [6, 6.07) is 3.49. The minimum absolute atomic E-state index is 0.212. The highest BCUT2D eigenvalue weighted by Crippen LogP contribution is 2.40. The summed E-state index contributed by atoms with van der Waals surface area (Å²) in [5.74, 6) is 0.533. The van der Waals surface area contributed by atoms with Gasteiger partial charge in [0.1, 0.15) is 10.9 Å². The fourth-order valence-electron chi connectivity index (χ4n) is 4.89. The van der Waals surface area contributed by atoms with Crippen molar-refractivity contribution in [1.29, 1.82) is 0 Å². The van der Waals surface area contributed by atoms with Crippen LogP contribution in [-0.2, 0) is 15.8 Å². The van der Waals surface area contributed by atoms with E-state index in [1.807, 2.05) is 6.07 Å². The number of nitrogens with one attached hydrogen (secondary N) is 1. The van der Waals surface area contributed by atoms with Crippen molar-refractivity contribution in [3.05, 3.63) is 40.9 Å². The average Bonchev–Trinajstić information content (AvgIpc) is 3.71. The molecule has 0 atom stereocenters. The summed E-state index contributed by atoms with van der Waals surface area (Å²) >= 11 is 7.43. The second kappa shape index (κ2) is 13.8. The van der Waals surface area contributed by atoms with Gasteiger partial charge in [0.05, 0.1) is 43.9 Å². The highest BCUT2D eigenvalue weighted by Gasteiger charge is 2.40. The molecule has 2 aliphatic carbocycles. The van der Waals surface area contributed by atoms with Crippen LogP contribution in [0.5, 0.6) is 10.9 Å². The van der Waals surface area contributed by atoms with Crippen molar-refractivity contribution < 1.29 is 23.4 Å². The Hall–Kier alpha value is -2.64. The zero-order valence-corrected chi connectivity index (χ0v) is 28.9. The van der Waals surface area contributed by atoms with Gasteiger partial charge >= 0.3 is 0 Å². The topological polar surface area (TPSA) is 118 Å². The highest BCUT2D eigenvalue weighted by atomic mass is 35.5. The van der Waals surface area contributed by atoms with Crippen molar-refractivity contribution in [2.75, 3.05) is 19.0 Å². The van der Waals surface area contributed by atoms with E-state index in [0.717, 1.165) is 38.5 Å². The van der Waals surface area contributed by atoms with E-state index in [-0.39, 0.29) is 22.2 Å². The van der Waals surface area contributed by atoms with E-state index in [4.69, 9.17) is 30.2 Å². The molecule has 2 saturated carbocycles. The molecule has 3 aromatic rings. The lowest BCUT2D eigenvalue weighted by Crippen LogP contribution is -2.44. The SMILES string of the molecule is COc1cnc(Cl)cc1-c1cc(COC2CC2)ncc1C(=O)Nc1nnc(OCC2CCC(O[Si](C)(C)C(C)(C)C)CC2)s1. The van der Waals surface area contributed by atoms with Gasteiger partial charge in [0.2, 0.25) is 5.13 Å². The predicted octanol–water partition coefficient (Wildman–Crippen LogP) is 7.55. The lowest BCUT2D eigenvalue weighted by molar-refractivity contribution is 0.0983. The number of ether oxygens (including phenoxy) is 3. The van der Waals surface area contributed by atoms with Crippen molar-refractivity contribution in [3.8, 4) is 22.1 Å². The Morgan fingerprint density at radius 3 is 2.43 bits per heavy atom. The van der Waals surface area contributed by atoms with Crippen LogP contribution >= 0.6 is 22.9 Å². The van der Waals surface area contributed by atoms with Crippen LogP contribution in [0.2, 0.25) is 23.3 Å². The second-order valence-corrected chi connectivity index (χ2v) is 19.2. The molecule has 1 amide bonds. The molecule has 5 rings (SSSR count). The van der Waals surface area contributed by atoms with Crippen LogP contribution < -0.4 is 14.8 Å². The van der Waals surface area contributed by atoms with Gasteiger partial charge in [-0.2, -0.15) is 0 Å². The van der Waals surface area contributed by atoms with Crippen molar-refractivity contribution in [2.45, 2.75) is 96.2 Å². The molecule has 0 unspecified atom stereocenters. The van der Waals surface area contributed by atoms with Gasteiger partial charge in [0, 0.05) is 23.4 Å². The normalized spacial score (nSPS) is 19.1. The van der Waals surface area contributed by atoms with Crippen LogP contribution in [0.4, 0.5) is 5.13 Å². The fourth-order valence-corrected chi connectivity index (χ4v) is 7.07. The standard InChI is InChI=1S/C31H42ClN5O5SSi/c1-31(2,3)44(5,6)42-22-9-7-19(8-10-22)17-41-30-37-36-29(43-30)35-28(38)25-15-33-20(18-40-21-11-12-21)13-23(25)24-14-27(32)34-16-26(24)39-4/h13-16,19,21-22H,7-12,17-18H2,1-6H3,(H,35,36,38). The Kier molecular flexibility index (Phi) is 10.3. The Balaban J connectivity index is 1.20. The van der Waals surface area contributed by atoms with Crippen LogP contribution in [0, 0.1) is 5.92 Å². The molecule has 13 heteroatoms. The number of amides is 1. The molecule has 0 aromatic carbocycles. The van der Waals surface area contributed by atoms with Gasteiger partial charge in [-0.3, -0.25) is 15.1 Å². The Morgan fingerprint density at radius 2 is 1.75 bits per heavy atom. The molecule has 0 bridgehead atoms. The van der Waals surface area contributed by atoms with Crippen LogP contribution in [-0.4, -0.2) is 60.3 Å². The summed E-state index contributed by atoms with van der Waals surface area (Å²) in [6.07, 6.45) is 10.0. The number of carbonyl (C=O) groups is 1. The first kappa shape index (κ1) is 32.7. The zero-order chi connectivity index (χ0) is 31.5. The molecule has 2 fully saturated rings. The van der Waals surface area contributed by atoms with E-state index in [2.05, 4.69) is 59.3 Å². The van der Waals surface area contributed by atoms with Gasteiger partial charge in [0.25, 0.3) is 11.1 Å². The Bertz CT molecular complexity index is 1450. The predicted molar refractivity (Wildman–Crippen MR) is 174 cm³/mol. The lowest BCUT2D eigenvalue weighted by atomic mass is 9.88. The molecule has 44 heavy (non-hydrogen) atoms. The smallest absolute Gasteiger partial charge is 0.295 e. The highest BCUT2D eigenvalue weighted by molar-refractivity contribution is 7.17. The van der Waals surface area contributed by atoms with Crippen molar-refractivity contribution in [1.82, 2.24) is 20.2 Å². The van der Waals surface area contributed by atoms with Gasteiger partial charge in [-0.15, -0.1) is 5.10 Å². The number of hydrogen-bond acceptors (Lipinski definition) is 10. The molecule has 0 radical (unpaired) electrons. The van der Waals surface area contributed by atoms with Crippen molar-refractivity contribution in [3.63, 3.8) is 0 Å². The molecule has 3 aromatic heterocycles. The van der Waals surface area contributed by atoms with E-state index in [1.54, 1.807) is 13.2 Å². The monoisotopic (exact) mass is 659 g/mol. The summed E-state index contributed by atoms with van der Waals surface area (Å²) in [5.41, 5.74) is 2.25. The summed E-state index contributed by atoms with van der Waals surface area (Å²) in [6.45, 7) is 12.4. The largest absolute Gasteiger partial charge is 0.494 e. The fraction of sp³-hybridized carbons (Fsp3) is 0.581. The third-order valence-corrected chi connectivity index (χ3v) is 14.2.